The van der Waals surface area contributed by atoms with E-state index in [2.05, 4.69) is 0 Å². The van der Waals surface area contributed by atoms with Crippen LogP contribution in [0.15, 0.2) is 0 Å². The zero-order chi connectivity index (χ0) is 6.43. The highest BCUT2D eigenvalue weighted by atomic mass is 16.5. The first-order chi connectivity index (χ1) is 4.27. The van der Waals surface area contributed by atoms with E-state index >= 15 is 0 Å². The fourth-order valence-corrected chi connectivity index (χ4v) is 1.51. The Labute approximate surface area is 52.6 Å². The lowest BCUT2D eigenvalue weighted by Gasteiger charge is -2.09. The summed E-state index contributed by atoms with van der Waals surface area (Å²) < 4.78 is 5.10. The highest BCUT2D eigenvalue weighted by Gasteiger charge is 2.45. The van der Waals surface area contributed by atoms with Crippen LogP contribution in [0.1, 0.15) is 12.8 Å². The molecule has 1 N–H and O–H groups in total. The molecule has 3 heteroatoms. The van der Waals surface area contributed by atoms with Crippen molar-refractivity contribution in [1.29, 1.82) is 0 Å². The van der Waals surface area contributed by atoms with Gasteiger partial charge in [-0.1, -0.05) is 0 Å². The summed E-state index contributed by atoms with van der Waals surface area (Å²) >= 11 is 0. The van der Waals surface area contributed by atoms with Gasteiger partial charge < -0.3 is 9.84 Å². The number of carbonyl (C=O) groups is 1. The number of Topliss-reactive ketones (excluding diaryl/α,β-unsaturated/α-hetero) is 1. The Hall–Kier alpha value is -0.410. The quantitative estimate of drug-likeness (QED) is 0.477. The molecule has 2 fully saturated rings. The number of aliphatic hydroxyl groups excluding tert-OH is 1. The molecule has 9 heavy (non-hydrogen) atoms. The SMILES string of the molecule is O=C1C[C@@H]2C[C@@H](O)[C@H]1O2. The van der Waals surface area contributed by atoms with Crippen molar-refractivity contribution in [2.45, 2.75) is 31.2 Å². The average Bonchev–Trinajstić information content (AvgIpc) is 2.22. The first kappa shape index (κ1) is 5.38. The molecule has 0 amide bonds. The van der Waals surface area contributed by atoms with Gasteiger partial charge >= 0.3 is 0 Å². The Kier molecular flexibility index (Phi) is 0.926. The monoisotopic (exact) mass is 128 g/mol. The van der Waals surface area contributed by atoms with E-state index < -0.39 is 12.2 Å². The topological polar surface area (TPSA) is 46.5 Å². The van der Waals surface area contributed by atoms with Crippen LogP contribution in [0.5, 0.6) is 0 Å². The van der Waals surface area contributed by atoms with E-state index in [1.54, 1.807) is 0 Å². The third kappa shape index (κ3) is 0.618. The van der Waals surface area contributed by atoms with E-state index in [-0.39, 0.29) is 11.9 Å². The normalized spacial score (nSPS) is 48.6. The molecule has 3 nitrogen and oxygen atoms in total. The molecule has 3 atom stereocenters. The summed E-state index contributed by atoms with van der Waals surface area (Å²) in [6.45, 7) is 0. The molecule has 0 aromatic rings. The second kappa shape index (κ2) is 1.55. The third-order valence-electron chi connectivity index (χ3n) is 1.94. The standard InChI is InChI=1S/C6H8O3/c7-4-1-3-2-5(8)6(4)9-3/h3-4,6-7H,1-2H2/t3-,4+,6+/m0/s1. The molecule has 2 aliphatic rings. The van der Waals surface area contributed by atoms with Crippen molar-refractivity contribution in [3.05, 3.63) is 0 Å². The van der Waals surface area contributed by atoms with Crippen molar-refractivity contribution in [3.8, 4) is 0 Å². The van der Waals surface area contributed by atoms with Gasteiger partial charge in [-0.05, 0) is 0 Å². The van der Waals surface area contributed by atoms with E-state index in [0.29, 0.717) is 12.8 Å². The van der Waals surface area contributed by atoms with Crippen LogP contribution in [-0.4, -0.2) is 29.2 Å². The summed E-state index contributed by atoms with van der Waals surface area (Å²) in [4.78, 5) is 10.8. The minimum absolute atomic E-state index is 0.0255. The van der Waals surface area contributed by atoms with Crippen LogP contribution in [0.25, 0.3) is 0 Å². The van der Waals surface area contributed by atoms with Gasteiger partial charge in [-0.2, -0.15) is 0 Å². The maximum Gasteiger partial charge on any atom is 0.166 e. The molecule has 2 rings (SSSR count). The zero-order valence-electron chi connectivity index (χ0n) is 4.91. The first-order valence-electron chi connectivity index (χ1n) is 3.13. The van der Waals surface area contributed by atoms with Gasteiger partial charge in [0.25, 0.3) is 0 Å². The largest absolute Gasteiger partial charge is 0.390 e. The molecule has 2 aliphatic heterocycles. The molecular formula is C6H8O3. The summed E-state index contributed by atoms with van der Waals surface area (Å²) in [7, 11) is 0. The van der Waals surface area contributed by atoms with Gasteiger partial charge in [-0.25, -0.2) is 0 Å². The molecular weight excluding hydrogens is 120 g/mol. The average molecular weight is 128 g/mol. The summed E-state index contributed by atoms with van der Waals surface area (Å²) in [5.41, 5.74) is 0. The number of hydrogen-bond donors (Lipinski definition) is 1. The van der Waals surface area contributed by atoms with Crippen molar-refractivity contribution in [1.82, 2.24) is 0 Å². The third-order valence-corrected chi connectivity index (χ3v) is 1.94. The van der Waals surface area contributed by atoms with Crippen molar-refractivity contribution in [2.24, 2.45) is 0 Å². The Balaban J connectivity index is 2.21. The number of carbonyl (C=O) groups excluding carboxylic acids is 1. The molecule has 0 aromatic heterocycles. The van der Waals surface area contributed by atoms with E-state index in [1.807, 2.05) is 0 Å². The van der Waals surface area contributed by atoms with Gasteiger partial charge in [0, 0.05) is 12.8 Å². The lowest BCUT2D eigenvalue weighted by Crippen LogP contribution is -2.29. The predicted molar refractivity (Wildman–Crippen MR) is 28.9 cm³/mol. The van der Waals surface area contributed by atoms with E-state index in [1.165, 1.54) is 0 Å². The molecule has 50 valence electrons. The van der Waals surface area contributed by atoms with E-state index in [9.17, 15) is 4.79 Å². The summed E-state index contributed by atoms with van der Waals surface area (Å²) in [5.74, 6) is 0.0683. The zero-order valence-corrected chi connectivity index (χ0v) is 4.91. The fraction of sp³-hybridized carbons (Fsp3) is 0.833. The molecule has 2 bridgehead atoms. The summed E-state index contributed by atoms with van der Waals surface area (Å²) in [6, 6.07) is 0. The molecule has 0 radical (unpaired) electrons. The smallest absolute Gasteiger partial charge is 0.166 e. The van der Waals surface area contributed by atoms with Gasteiger partial charge in [0.15, 0.2) is 5.78 Å². The van der Waals surface area contributed by atoms with Crippen LogP contribution in [0.3, 0.4) is 0 Å². The molecule has 0 saturated carbocycles. The Morgan fingerprint density at radius 1 is 1.67 bits per heavy atom. The molecule has 2 saturated heterocycles. The number of ketones is 1. The highest BCUT2D eigenvalue weighted by molar-refractivity contribution is 5.86. The van der Waals surface area contributed by atoms with Gasteiger partial charge in [0.1, 0.15) is 6.10 Å². The second-order valence-electron chi connectivity index (χ2n) is 2.65. The number of hydrogen-bond acceptors (Lipinski definition) is 3. The number of aliphatic hydroxyl groups is 1. The van der Waals surface area contributed by atoms with Crippen molar-refractivity contribution < 1.29 is 14.6 Å². The van der Waals surface area contributed by atoms with Gasteiger partial charge in [0.2, 0.25) is 0 Å². The Bertz CT molecular complexity index is 154. The van der Waals surface area contributed by atoms with Crippen LogP contribution in [0.4, 0.5) is 0 Å². The predicted octanol–water partition coefficient (Wildman–Crippen LogP) is -0.522. The van der Waals surface area contributed by atoms with Gasteiger partial charge in [0.05, 0.1) is 12.2 Å². The van der Waals surface area contributed by atoms with Crippen LogP contribution in [-0.2, 0) is 9.53 Å². The van der Waals surface area contributed by atoms with Crippen LogP contribution in [0.2, 0.25) is 0 Å². The van der Waals surface area contributed by atoms with Crippen molar-refractivity contribution in [2.75, 3.05) is 0 Å². The molecule has 2 heterocycles. The van der Waals surface area contributed by atoms with Crippen LogP contribution in [0, 0.1) is 0 Å². The van der Waals surface area contributed by atoms with Crippen molar-refractivity contribution in [3.63, 3.8) is 0 Å². The van der Waals surface area contributed by atoms with Crippen LogP contribution >= 0.6 is 0 Å². The van der Waals surface area contributed by atoms with Crippen molar-refractivity contribution >= 4 is 5.78 Å². The Morgan fingerprint density at radius 2 is 2.44 bits per heavy atom. The first-order valence-corrected chi connectivity index (χ1v) is 3.13. The molecule has 0 spiro atoms. The van der Waals surface area contributed by atoms with Gasteiger partial charge in [-0.15, -0.1) is 0 Å². The van der Waals surface area contributed by atoms with E-state index in [0.717, 1.165) is 0 Å². The number of fused-ring (bicyclic) bond motifs is 2. The molecule has 0 unspecified atom stereocenters. The molecule has 0 aliphatic carbocycles. The Morgan fingerprint density at radius 3 is 2.78 bits per heavy atom. The summed E-state index contributed by atoms with van der Waals surface area (Å²) in [5, 5.41) is 9.04. The van der Waals surface area contributed by atoms with E-state index in [4.69, 9.17) is 9.84 Å². The fourth-order valence-electron chi connectivity index (χ4n) is 1.51. The van der Waals surface area contributed by atoms with Gasteiger partial charge in [-0.3, -0.25) is 4.79 Å². The highest BCUT2D eigenvalue weighted by Crippen LogP contribution is 2.31. The minimum Gasteiger partial charge on any atom is -0.390 e. The summed E-state index contributed by atoms with van der Waals surface area (Å²) in [6.07, 6.45) is 0.196. The maximum absolute atomic E-state index is 10.8. The number of ether oxygens (including phenoxy) is 1. The minimum atomic E-state index is -0.517. The lowest BCUT2D eigenvalue weighted by atomic mass is 9.97. The lowest BCUT2D eigenvalue weighted by molar-refractivity contribution is -0.125. The molecule has 0 aromatic carbocycles. The second-order valence-corrected chi connectivity index (χ2v) is 2.65. The number of rotatable bonds is 0. The van der Waals surface area contributed by atoms with Crippen LogP contribution < -0.4 is 0 Å². The maximum atomic E-state index is 10.8.